The van der Waals surface area contributed by atoms with Crippen molar-refractivity contribution in [3.8, 4) is 0 Å². The van der Waals surface area contributed by atoms with Crippen LogP contribution in [0.3, 0.4) is 0 Å². The van der Waals surface area contributed by atoms with E-state index in [0.717, 1.165) is 16.7 Å². The number of nitrogens with zero attached hydrogens (tertiary/aromatic N) is 1. The number of morpholine rings is 1. The monoisotopic (exact) mass is 445 g/mol. The lowest BCUT2D eigenvalue weighted by molar-refractivity contribution is -0.242. The van der Waals surface area contributed by atoms with Crippen LogP contribution in [-0.4, -0.2) is 29.3 Å². The molecule has 1 unspecified atom stereocenters. The average molecular weight is 446 g/mol. The predicted molar refractivity (Wildman–Crippen MR) is 123 cm³/mol. The first-order valence-corrected chi connectivity index (χ1v) is 11.0. The number of benzene rings is 3. The lowest BCUT2D eigenvalue weighted by Crippen LogP contribution is -2.56. The third kappa shape index (κ3) is 5.23. The van der Waals surface area contributed by atoms with Gasteiger partial charge in [-0.15, -0.1) is 0 Å². The van der Waals surface area contributed by atoms with Crippen LogP contribution in [0.1, 0.15) is 42.7 Å². The normalized spacial score (nSPS) is 22.4. The van der Waals surface area contributed by atoms with Gasteiger partial charge in [0.25, 0.3) is 0 Å². The maximum atomic E-state index is 13.5. The van der Waals surface area contributed by atoms with E-state index >= 15 is 0 Å². The van der Waals surface area contributed by atoms with Gasteiger partial charge in [0.2, 0.25) is 6.29 Å². The van der Waals surface area contributed by atoms with Crippen LogP contribution in [0.2, 0.25) is 0 Å². The molecule has 0 aliphatic carbocycles. The first kappa shape index (κ1) is 22.6. The van der Waals surface area contributed by atoms with E-state index in [9.17, 15) is 9.59 Å². The molecule has 3 aromatic rings. The maximum Gasteiger partial charge on any atom is 0.411 e. The van der Waals surface area contributed by atoms with E-state index in [2.05, 4.69) is 0 Å². The first-order valence-electron chi connectivity index (χ1n) is 11.0. The summed E-state index contributed by atoms with van der Waals surface area (Å²) < 4.78 is 17.5. The number of ether oxygens (including phenoxy) is 3. The van der Waals surface area contributed by atoms with Crippen LogP contribution in [0.4, 0.5) is 4.79 Å². The van der Waals surface area contributed by atoms with Gasteiger partial charge in [-0.2, -0.15) is 0 Å². The van der Waals surface area contributed by atoms with Crippen LogP contribution in [0, 0.1) is 0 Å². The molecule has 3 aromatic carbocycles. The number of hydrogen-bond donors (Lipinski definition) is 0. The van der Waals surface area contributed by atoms with Gasteiger partial charge in [0.05, 0.1) is 12.1 Å². The summed E-state index contributed by atoms with van der Waals surface area (Å²) in [5.41, 5.74) is 2.66. The van der Waals surface area contributed by atoms with Gasteiger partial charge >= 0.3 is 12.1 Å². The van der Waals surface area contributed by atoms with Crippen LogP contribution < -0.4 is 0 Å². The number of esters is 1. The van der Waals surface area contributed by atoms with Gasteiger partial charge < -0.3 is 14.2 Å². The van der Waals surface area contributed by atoms with Gasteiger partial charge in [0.15, 0.2) is 0 Å². The van der Waals surface area contributed by atoms with Gasteiger partial charge in [-0.1, -0.05) is 91.0 Å². The van der Waals surface area contributed by atoms with Gasteiger partial charge in [-0.05, 0) is 23.6 Å². The molecule has 0 N–H and O–H groups in total. The molecule has 1 aliphatic rings. The molecule has 0 saturated carbocycles. The summed E-state index contributed by atoms with van der Waals surface area (Å²) in [7, 11) is 0. The van der Waals surface area contributed by atoms with Gasteiger partial charge in [-0.25, -0.2) is 4.79 Å². The van der Waals surface area contributed by atoms with Gasteiger partial charge in [-0.3, -0.25) is 9.69 Å². The van der Waals surface area contributed by atoms with Crippen LogP contribution in [0.25, 0.3) is 0 Å². The molecular weight excluding hydrogens is 418 g/mol. The molecule has 33 heavy (non-hydrogen) atoms. The third-order valence-corrected chi connectivity index (χ3v) is 5.67. The van der Waals surface area contributed by atoms with Crippen molar-refractivity contribution in [3.05, 3.63) is 108 Å². The van der Waals surface area contributed by atoms with Gasteiger partial charge in [0, 0.05) is 6.92 Å². The van der Waals surface area contributed by atoms with E-state index in [4.69, 9.17) is 14.2 Å². The highest BCUT2D eigenvalue weighted by Crippen LogP contribution is 2.44. The topological polar surface area (TPSA) is 65.1 Å². The van der Waals surface area contributed by atoms with E-state index in [1.165, 1.54) is 6.92 Å². The van der Waals surface area contributed by atoms with Crippen molar-refractivity contribution in [2.45, 2.75) is 44.9 Å². The molecular formula is C27H27NO5. The highest BCUT2D eigenvalue weighted by molar-refractivity contribution is 5.70. The van der Waals surface area contributed by atoms with Crippen molar-refractivity contribution >= 4 is 12.1 Å². The molecule has 1 amide bonds. The predicted octanol–water partition coefficient (Wildman–Crippen LogP) is 5.42. The molecule has 1 heterocycles. The molecule has 4 atom stereocenters. The minimum Gasteiger partial charge on any atom is -0.445 e. The van der Waals surface area contributed by atoms with Crippen molar-refractivity contribution in [2.24, 2.45) is 0 Å². The number of rotatable bonds is 5. The second-order valence-electron chi connectivity index (χ2n) is 7.99. The van der Waals surface area contributed by atoms with Crippen molar-refractivity contribution in [2.75, 3.05) is 0 Å². The van der Waals surface area contributed by atoms with E-state index < -0.39 is 36.5 Å². The Bertz CT molecular complexity index is 1060. The zero-order chi connectivity index (χ0) is 23.2. The fourth-order valence-corrected chi connectivity index (χ4v) is 4.12. The Morgan fingerprint density at radius 2 is 1.39 bits per heavy atom. The lowest BCUT2D eigenvalue weighted by Gasteiger charge is -2.47. The molecule has 6 nitrogen and oxygen atoms in total. The Morgan fingerprint density at radius 3 is 1.97 bits per heavy atom. The Kier molecular flexibility index (Phi) is 7.05. The molecule has 6 heteroatoms. The number of carbonyl (C=O) groups excluding carboxylic acids is 2. The summed E-state index contributed by atoms with van der Waals surface area (Å²) in [5.74, 6) is -0.477. The van der Waals surface area contributed by atoms with Crippen molar-refractivity contribution in [1.82, 2.24) is 4.90 Å². The summed E-state index contributed by atoms with van der Waals surface area (Å²) >= 11 is 0. The fourth-order valence-electron chi connectivity index (χ4n) is 4.12. The number of amides is 1. The summed E-state index contributed by atoms with van der Waals surface area (Å²) in [6, 6.07) is 27.8. The van der Waals surface area contributed by atoms with Crippen molar-refractivity contribution in [1.29, 1.82) is 0 Å². The van der Waals surface area contributed by atoms with Crippen molar-refractivity contribution in [3.63, 3.8) is 0 Å². The molecule has 0 radical (unpaired) electrons. The summed E-state index contributed by atoms with van der Waals surface area (Å²) in [5, 5.41) is 0. The van der Waals surface area contributed by atoms with E-state index in [1.54, 1.807) is 11.8 Å². The van der Waals surface area contributed by atoms with Crippen LogP contribution >= 0.6 is 0 Å². The third-order valence-electron chi connectivity index (χ3n) is 5.67. The molecule has 4 rings (SSSR count). The molecule has 0 aromatic heterocycles. The Labute approximate surface area is 193 Å². The molecule has 0 bridgehead atoms. The Hall–Kier alpha value is -3.64. The van der Waals surface area contributed by atoms with Crippen LogP contribution in [0.5, 0.6) is 0 Å². The van der Waals surface area contributed by atoms with Gasteiger partial charge in [0.1, 0.15) is 12.7 Å². The SMILES string of the molecule is CC(=O)O[C@@H]1OC(c2ccccc2)[C@H](c2ccccc2)N(C(=O)OCc2ccccc2)[C@@H]1C. The van der Waals surface area contributed by atoms with E-state index in [1.807, 2.05) is 91.0 Å². The molecule has 170 valence electrons. The highest BCUT2D eigenvalue weighted by Gasteiger charge is 2.47. The summed E-state index contributed by atoms with van der Waals surface area (Å²) in [4.78, 5) is 26.9. The molecule has 1 saturated heterocycles. The van der Waals surface area contributed by atoms with E-state index in [-0.39, 0.29) is 6.61 Å². The van der Waals surface area contributed by atoms with E-state index in [0.29, 0.717) is 0 Å². The number of carbonyl (C=O) groups is 2. The smallest absolute Gasteiger partial charge is 0.411 e. The molecule has 1 aliphatic heterocycles. The maximum absolute atomic E-state index is 13.5. The number of hydrogen-bond acceptors (Lipinski definition) is 5. The standard InChI is InChI=1S/C27H27NO5/c1-19-26(32-20(2)29)33-25(23-16-10-5-11-17-23)24(22-14-8-4-9-15-22)28(19)27(30)31-18-21-12-6-3-7-13-21/h3-17,19,24-26H,18H2,1-2H3/t19-,24+,25?,26-/m1/s1. The highest BCUT2D eigenvalue weighted by atomic mass is 16.7. The Morgan fingerprint density at radius 1 is 0.848 bits per heavy atom. The average Bonchev–Trinajstić information content (AvgIpc) is 2.85. The fraction of sp³-hybridized carbons (Fsp3) is 0.259. The zero-order valence-electron chi connectivity index (χ0n) is 18.7. The second kappa shape index (κ2) is 10.3. The summed E-state index contributed by atoms with van der Waals surface area (Å²) in [6.07, 6.45) is -1.99. The van der Waals surface area contributed by atoms with Crippen LogP contribution in [-0.2, 0) is 25.6 Å². The van der Waals surface area contributed by atoms with Crippen LogP contribution in [0.15, 0.2) is 91.0 Å². The molecule has 1 fully saturated rings. The zero-order valence-corrected chi connectivity index (χ0v) is 18.7. The first-order chi connectivity index (χ1) is 16.0. The largest absolute Gasteiger partial charge is 0.445 e. The summed E-state index contributed by atoms with van der Waals surface area (Å²) in [6.45, 7) is 3.27. The minimum atomic E-state index is -0.933. The quantitative estimate of drug-likeness (QED) is 0.491. The van der Waals surface area contributed by atoms with Crippen molar-refractivity contribution < 1.29 is 23.8 Å². The second-order valence-corrected chi connectivity index (χ2v) is 7.99. The molecule has 0 spiro atoms. The lowest BCUT2D eigenvalue weighted by atomic mass is 9.91. The Balaban J connectivity index is 1.72. The minimum absolute atomic E-state index is 0.138.